The number of nitrogens with zero attached hydrogens (tertiary/aromatic N) is 3. The van der Waals surface area contributed by atoms with Crippen molar-refractivity contribution in [2.45, 2.75) is 19.8 Å². The molecule has 1 aromatic heterocycles. The van der Waals surface area contributed by atoms with Crippen LogP contribution in [0.5, 0.6) is 0 Å². The highest BCUT2D eigenvalue weighted by atomic mass is 35.5. The Morgan fingerprint density at radius 3 is 2.74 bits per heavy atom. The van der Waals surface area contributed by atoms with Gasteiger partial charge in [0, 0.05) is 26.2 Å². The zero-order chi connectivity index (χ0) is 23.5. The summed E-state index contributed by atoms with van der Waals surface area (Å²) in [5.74, 6) is 0.0613. The van der Waals surface area contributed by atoms with Crippen LogP contribution in [0.3, 0.4) is 0 Å². The zero-order valence-corrected chi connectivity index (χ0v) is 20.9. The lowest BCUT2D eigenvalue weighted by atomic mass is 10.0. The van der Waals surface area contributed by atoms with Gasteiger partial charge in [-0.2, -0.15) is 0 Å². The van der Waals surface area contributed by atoms with Gasteiger partial charge in [-0.1, -0.05) is 71.5 Å². The van der Waals surface area contributed by atoms with Crippen LogP contribution in [0.2, 0.25) is 5.02 Å². The van der Waals surface area contributed by atoms with E-state index in [-0.39, 0.29) is 5.91 Å². The highest BCUT2D eigenvalue weighted by molar-refractivity contribution is 7.23. The molecule has 0 atom stereocenters. The molecule has 5 rings (SSSR count). The summed E-state index contributed by atoms with van der Waals surface area (Å²) in [6.07, 6.45) is 1.21. The third-order valence-corrected chi connectivity index (χ3v) is 7.94. The van der Waals surface area contributed by atoms with Gasteiger partial charge in [0.15, 0.2) is 5.13 Å². The largest absolute Gasteiger partial charge is 0.379 e. The molecule has 0 unspecified atom stereocenters. The van der Waals surface area contributed by atoms with Crippen LogP contribution in [0.1, 0.15) is 17.5 Å². The van der Waals surface area contributed by atoms with Gasteiger partial charge in [0.25, 0.3) is 0 Å². The quantitative estimate of drug-likeness (QED) is 0.331. The number of aryl methyl sites for hydroxylation is 1. The van der Waals surface area contributed by atoms with Crippen molar-refractivity contribution in [3.8, 4) is 0 Å². The zero-order valence-electron chi connectivity index (χ0n) is 19.3. The molecule has 0 N–H and O–H groups in total. The number of morpholine rings is 1. The van der Waals surface area contributed by atoms with Crippen molar-refractivity contribution >= 4 is 55.0 Å². The minimum absolute atomic E-state index is 0.0613. The van der Waals surface area contributed by atoms with E-state index in [4.69, 9.17) is 21.3 Å². The summed E-state index contributed by atoms with van der Waals surface area (Å²) in [6, 6.07) is 18.3. The number of carbonyl (C=O) groups is 1. The van der Waals surface area contributed by atoms with Crippen LogP contribution in [0.4, 0.5) is 5.13 Å². The molecule has 2 heterocycles. The van der Waals surface area contributed by atoms with E-state index in [1.165, 1.54) is 11.3 Å². The van der Waals surface area contributed by atoms with Crippen LogP contribution >= 0.6 is 22.9 Å². The second kappa shape index (κ2) is 10.4. The lowest BCUT2D eigenvalue weighted by Crippen LogP contribution is -2.39. The highest BCUT2D eigenvalue weighted by Gasteiger charge is 2.22. The van der Waals surface area contributed by atoms with Crippen LogP contribution < -0.4 is 4.90 Å². The Kier molecular flexibility index (Phi) is 7.11. The van der Waals surface area contributed by atoms with Crippen LogP contribution in [0, 0.1) is 6.92 Å². The monoisotopic (exact) mass is 493 g/mol. The van der Waals surface area contributed by atoms with Crippen molar-refractivity contribution in [1.29, 1.82) is 0 Å². The smallest absolute Gasteiger partial charge is 0.233 e. The van der Waals surface area contributed by atoms with Crippen LogP contribution in [0.15, 0.2) is 54.6 Å². The number of thiazole rings is 1. The van der Waals surface area contributed by atoms with Crippen molar-refractivity contribution in [2.24, 2.45) is 0 Å². The van der Waals surface area contributed by atoms with Gasteiger partial charge >= 0.3 is 0 Å². The van der Waals surface area contributed by atoms with Crippen molar-refractivity contribution in [3.05, 3.63) is 70.7 Å². The number of anilines is 1. The summed E-state index contributed by atoms with van der Waals surface area (Å²) < 4.78 is 6.40. The molecule has 1 amide bonds. The summed E-state index contributed by atoms with van der Waals surface area (Å²) >= 11 is 7.98. The first-order valence-electron chi connectivity index (χ1n) is 11.7. The van der Waals surface area contributed by atoms with Gasteiger partial charge in [0.2, 0.25) is 5.91 Å². The van der Waals surface area contributed by atoms with E-state index in [1.807, 2.05) is 48.2 Å². The molecule has 0 bridgehead atoms. The molecule has 176 valence electrons. The predicted molar refractivity (Wildman–Crippen MR) is 141 cm³/mol. The van der Waals surface area contributed by atoms with E-state index in [9.17, 15) is 4.79 Å². The molecule has 3 aromatic carbocycles. The van der Waals surface area contributed by atoms with Gasteiger partial charge in [0.1, 0.15) is 0 Å². The molecule has 0 saturated carbocycles. The maximum absolute atomic E-state index is 13.7. The van der Waals surface area contributed by atoms with Crippen molar-refractivity contribution in [2.75, 3.05) is 44.3 Å². The average Bonchev–Trinajstić information content (AvgIpc) is 3.31. The number of hydrogen-bond acceptors (Lipinski definition) is 5. The minimum atomic E-state index is 0.0613. The Balaban J connectivity index is 1.42. The van der Waals surface area contributed by atoms with Crippen LogP contribution in [0.25, 0.3) is 21.0 Å². The summed E-state index contributed by atoms with van der Waals surface area (Å²) in [5.41, 5.74) is 2.98. The van der Waals surface area contributed by atoms with Gasteiger partial charge in [-0.05, 0) is 41.3 Å². The number of rotatable bonds is 7. The Labute approximate surface area is 208 Å². The first kappa shape index (κ1) is 23.2. The molecule has 0 radical (unpaired) electrons. The molecule has 1 saturated heterocycles. The number of fused-ring (bicyclic) bond motifs is 2. The number of halogens is 1. The SMILES string of the molecule is Cc1ccc(Cl)c2sc(N(CCCN3CCOCC3)C(=O)Cc3cccc4ccccc34)nc12. The van der Waals surface area contributed by atoms with Crippen molar-refractivity contribution < 1.29 is 9.53 Å². The summed E-state index contributed by atoms with van der Waals surface area (Å²) in [5, 5.41) is 3.67. The third-order valence-electron chi connectivity index (χ3n) is 6.40. The Hall–Kier alpha value is -2.51. The molecule has 1 aliphatic heterocycles. The molecular formula is C27H28ClN3O2S. The summed E-state index contributed by atoms with van der Waals surface area (Å²) in [7, 11) is 0. The molecule has 4 aromatic rings. The van der Waals surface area contributed by atoms with Gasteiger partial charge in [-0.15, -0.1) is 0 Å². The lowest BCUT2D eigenvalue weighted by Gasteiger charge is -2.27. The number of aromatic nitrogens is 1. The lowest BCUT2D eigenvalue weighted by molar-refractivity contribution is -0.118. The topological polar surface area (TPSA) is 45.7 Å². The van der Waals surface area contributed by atoms with Gasteiger partial charge in [0.05, 0.1) is 34.9 Å². The standard InChI is InChI=1S/C27H28ClN3O2S/c1-19-10-11-23(28)26-25(19)29-27(34-26)31(13-5-12-30-14-16-33-17-15-30)24(32)18-21-8-4-7-20-6-2-3-9-22(20)21/h2-4,6-11H,5,12-18H2,1H3. The Morgan fingerprint density at radius 1 is 1.12 bits per heavy atom. The van der Waals surface area contributed by atoms with Crippen LogP contribution in [-0.2, 0) is 16.0 Å². The van der Waals surface area contributed by atoms with Gasteiger partial charge in [-0.3, -0.25) is 14.6 Å². The predicted octanol–water partition coefficient (Wildman–Crippen LogP) is 5.71. The van der Waals surface area contributed by atoms with Gasteiger partial charge in [-0.25, -0.2) is 4.98 Å². The number of ether oxygens (including phenoxy) is 1. The number of amides is 1. The molecule has 1 fully saturated rings. The second-order valence-corrected chi connectivity index (χ2v) is 10.1. The molecule has 0 spiro atoms. The number of hydrogen-bond donors (Lipinski definition) is 0. The molecule has 0 aliphatic carbocycles. The fourth-order valence-electron chi connectivity index (χ4n) is 4.52. The molecule has 7 heteroatoms. The first-order chi connectivity index (χ1) is 16.6. The number of carbonyl (C=O) groups excluding carboxylic acids is 1. The van der Waals surface area contributed by atoms with E-state index < -0.39 is 0 Å². The second-order valence-electron chi connectivity index (χ2n) is 8.71. The molecule has 1 aliphatic rings. The Morgan fingerprint density at radius 2 is 1.91 bits per heavy atom. The fourth-order valence-corrected chi connectivity index (χ4v) is 5.88. The number of benzene rings is 3. The van der Waals surface area contributed by atoms with E-state index in [0.717, 1.165) is 76.5 Å². The fraction of sp³-hybridized carbons (Fsp3) is 0.333. The van der Waals surface area contributed by atoms with Crippen LogP contribution in [-0.4, -0.2) is 55.2 Å². The normalized spacial score (nSPS) is 14.6. The van der Waals surface area contributed by atoms with E-state index >= 15 is 0 Å². The summed E-state index contributed by atoms with van der Waals surface area (Å²) in [4.78, 5) is 22.8. The molecule has 5 nitrogen and oxygen atoms in total. The highest BCUT2D eigenvalue weighted by Crippen LogP contribution is 2.36. The summed E-state index contributed by atoms with van der Waals surface area (Å²) in [6.45, 7) is 7.03. The molecule has 34 heavy (non-hydrogen) atoms. The maximum Gasteiger partial charge on any atom is 0.233 e. The maximum atomic E-state index is 13.7. The van der Waals surface area contributed by atoms with E-state index in [2.05, 4.69) is 23.1 Å². The first-order valence-corrected chi connectivity index (χ1v) is 12.9. The van der Waals surface area contributed by atoms with Crippen molar-refractivity contribution in [1.82, 2.24) is 9.88 Å². The van der Waals surface area contributed by atoms with E-state index in [0.29, 0.717) is 18.0 Å². The Bertz CT molecular complexity index is 1270. The van der Waals surface area contributed by atoms with Crippen molar-refractivity contribution in [3.63, 3.8) is 0 Å². The third kappa shape index (κ3) is 4.96. The average molecular weight is 494 g/mol. The minimum Gasteiger partial charge on any atom is -0.379 e. The molecular weight excluding hydrogens is 466 g/mol. The van der Waals surface area contributed by atoms with E-state index in [1.54, 1.807) is 0 Å². The van der Waals surface area contributed by atoms with Gasteiger partial charge < -0.3 is 4.74 Å².